The molecule has 0 unspecified atom stereocenters. The zero-order valence-electron chi connectivity index (χ0n) is 17.2. The van der Waals surface area contributed by atoms with Crippen LogP contribution >= 0.6 is 11.8 Å². The number of hydrogen-bond acceptors (Lipinski definition) is 6. The fourth-order valence-corrected chi connectivity index (χ4v) is 4.20. The molecule has 0 saturated heterocycles. The van der Waals surface area contributed by atoms with Crippen molar-refractivity contribution in [2.75, 3.05) is 18.2 Å². The fraction of sp³-hybridized carbons (Fsp3) is 0.0833. The molecule has 7 nitrogen and oxygen atoms in total. The molecule has 5 rings (SSSR count). The van der Waals surface area contributed by atoms with Gasteiger partial charge in [0.05, 0.1) is 23.9 Å². The van der Waals surface area contributed by atoms with Gasteiger partial charge in [-0.3, -0.25) is 9.20 Å². The second-order valence-electron chi connectivity index (χ2n) is 7.02. The summed E-state index contributed by atoms with van der Waals surface area (Å²) in [4.78, 5) is 17.3. The number of para-hydroxylation sites is 2. The Labute approximate surface area is 188 Å². The third-order valence-corrected chi connectivity index (χ3v) is 5.90. The summed E-state index contributed by atoms with van der Waals surface area (Å²) >= 11 is 1.34. The second kappa shape index (κ2) is 8.68. The van der Waals surface area contributed by atoms with E-state index < -0.39 is 0 Å². The zero-order valence-corrected chi connectivity index (χ0v) is 18.0. The number of ether oxygens (including phenoxy) is 1. The molecule has 0 spiro atoms. The molecular weight excluding hydrogens is 422 g/mol. The lowest BCUT2D eigenvalue weighted by Crippen LogP contribution is -2.14. The molecule has 3 aromatic carbocycles. The lowest BCUT2D eigenvalue weighted by atomic mass is 10.2. The zero-order chi connectivity index (χ0) is 21.9. The summed E-state index contributed by atoms with van der Waals surface area (Å²) in [7, 11) is 1.61. The summed E-state index contributed by atoms with van der Waals surface area (Å²) in [6, 6.07) is 25.0. The van der Waals surface area contributed by atoms with E-state index in [-0.39, 0.29) is 11.7 Å². The van der Waals surface area contributed by atoms with Gasteiger partial charge in [-0.15, -0.1) is 10.2 Å². The van der Waals surface area contributed by atoms with Crippen molar-refractivity contribution in [3.63, 3.8) is 0 Å². The Morgan fingerprint density at radius 2 is 1.72 bits per heavy atom. The van der Waals surface area contributed by atoms with E-state index in [1.54, 1.807) is 31.4 Å². The number of thioether (sulfide) groups is 1. The molecule has 158 valence electrons. The largest absolute Gasteiger partial charge is 0.497 e. The van der Waals surface area contributed by atoms with Crippen LogP contribution in [0, 0.1) is 0 Å². The smallest absolute Gasteiger partial charge is 0.234 e. The van der Waals surface area contributed by atoms with Gasteiger partial charge >= 0.3 is 0 Å². The molecule has 5 aromatic rings. The molecule has 2 heterocycles. The number of nitrogens with one attached hydrogen (secondary N) is 1. The number of amides is 1. The van der Waals surface area contributed by atoms with Crippen LogP contribution in [0.25, 0.3) is 28.1 Å². The Bertz CT molecular complexity index is 1400. The van der Waals surface area contributed by atoms with Crippen molar-refractivity contribution >= 4 is 40.0 Å². The predicted molar refractivity (Wildman–Crippen MR) is 126 cm³/mol. The third kappa shape index (κ3) is 3.88. The Morgan fingerprint density at radius 3 is 2.50 bits per heavy atom. The average molecular weight is 442 g/mol. The van der Waals surface area contributed by atoms with Crippen LogP contribution in [0.1, 0.15) is 0 Å². The van der Waals surface area contributed by atoms with E-state index in [0.717, 1.165) is 28.2 Å². The van der Waals surface area contributed by atoms with Crippen molar-refractivity contribution in [2.45, 2.75) is 5.03 Å². The van der Waals surface area contributed by atoms with E-state index in [0.29, 0.717) is 16.4 Å². The van der Waals surface area contributed by atoms with Gasteiger partial charge < -0.3 is 10.1 Å². The van der Waals surface area contributed by atoms with E-state index in [1.165, 1.54) is 11.8 Å². The lowest BCUT2D eigenvalue weighted by molar-refractivity contribution is -0.113. The van der Waals surface area contributed by atoms with Crippen LogP contribution in [-0.2, 0) is 4.79 Å². The lowest BCUT2D eigenvalue weighted by Gasteiger charge is -2.09. The van der Waals surface area contributed by atoms with Crippen molar-refractivity contribution in [1.29, 1.82) is 0 Å². The standard InChI is InChI=1S/C24H19N5O2S/c1-31-18-13-11-17(12-14-18)25-21(30)15-32-24-23-28-27-22(16-7-3-2-4-8-16)29(23)20-10-6-5-9-19(20)26-24/h2-14H,15H2,1H3,(H,25,30). The SMILES string of the molecule is COc1ccc(NC(=O)CSc2nc3ccccc3n3c(-c4ccccc4)nnc23)cc1. The van der Waals surface area contributed by atoms with Crippen molar-refractivity contribution < 1.29 is 9.53 Å². The average Bonchev–Trinajstić information content (AvgIpc) is 3.29. The van der Waals surface area contributed by atoms with Crippen molar-refractivity contribution in [3.8, 4) is 17.1 Å². The van der Waals surface area contributed by atoms with Crippen LogP contribution in [-0.4, -0.2) is 38.4 Å². The second-order valence-corrected chi connectivity index (χ2v) is 7.98. The van der Waals surface area contributed by atoms with Gasteiger partial charge in [0.2, 0.25) is 5.91 Å². The number of anilines is 1. The highest BCUT2D eigenvalue weighted by Gasteiger charge is 2.17. The minimum atomic E-state index is -0.129. The summed E-state index contributed by atoms with van der Waals surface area (Å²) in [5.74, 6) is 1.54. The maximum Gasteiger partial charge on any atom is 0.234 e. The van der Waals surface area contributed by atoms with Crippen LogP contribution in [0.2, 0.25) is 0 Å². The van der Waals surface area contributed by atoms with Crippen LogP contribution < -0.4 is 10.1 Å². The summed E-state index contributed by atoms with van der Waals surface area (Å²) < 4.78 is 7.15. The highest BCUT2D eigenvalue weighted by molar-refractivity contribution is 8.00. The molecule has 0 bridgehead atoms. The number of carbonyl (C=O) groups is 1. The van der Waals surface area contributed by atoms with Crippen LogP contribution in [0.5, 0.6) is 5.75 Å². The molecule has 0 radical (unpaired) electrons. The quantitative estimate of drug-likeness (QED) is 0.385. The monoisotopic (exact) mass is 441 g/mol. The highest BCUT2D eigenvalue weighted by atomic mass is 32.2. The molecule has 0 fully saturated rings. The first-order chi connectivity index (χ1) is 15.7. The molecule has 0 atom stereocenters. The summed E-state index contributed by atoms with van der Waals surface area (Å²) in [5, 5.41) is 12.4. The van der Waals surface area contributed by atoms with E-state index in [9.17, 15) is 4.79 Å². The van der Waals surface area contributed by atoms with Gasteiger partial charge in [-0.05, 0) is 36.4 Å². The number of nitrogens with zero attached hydrogens (tertiary/aromatic N) is 4. The Kier molecular flexibility index (Phi) is 5.43. The maximum atomic E-state index is 12.5. The van der Waals surface area contributed by atoms with Gasteiger partial charge in [0.15, 0.2) is 11.5 Å². The van der Waals surface area contributed by atoms with E-state index in [2.05, 4.69) is 15.5 Å². The van der Waals surface area contributed by atoms with Gasteiger partial charge in [0, 0.05) is 11.3 Å². The number of benzene rings is 3. The van der Waals surface area contributed by atoms with Crippen molar-refractivity contribution in [2.24, 2.45) is 0 Å². The minimum absolute atomic E-state index is 0.129. The molecule has 8 heteroatoms. The van der Waals surface area contributed by atoms with Crippen LogP contribution in [0.15, 0.2) is 83.9 Å². The van der Waals surface area contributed by atoms with Gasteiger partial charge in [-0.2, -0.15) is 0 Å². The normalized spacial score (nSPS) is 11.0. The molecule has 0 saturated carbocycles. The topological polar surface area (TPSA) is 81.4 Å². The molecule has 0 aliphatic rings. The Balaban J connectivity index is 1.46. The number of methoxy groups -OCH3 is 1. The van der Waals surface area contributed by atoms with E-state index in [1.807, 2.05) is 59.0 Å². The molecule has 32 heavy (non-hydrogen) atoms. The molecule has 1 N–H and O–H groups in total. The number of carbonyl (C=O) groups excluding carboxylic acids is 1. The fourth-order valence-electron chi connectivity index (χ4n) is 3.43. The number of rotatable bonds is 6. The van der Waals surface area contributed by atoms with Gasteiger partial charge in [0.25, 0.3) is 0 Å². The first-order valence-corrected chi connectivity index (χ1v) is 11.0. The van der Waals surface area contributed by atoms with Crippen molar-refractivity contribution in [3.05, 3.63) is 78.9 Å². The molecular formula is C24H19N5O2S. The molecule has 0 aliphatic carbocycles. The predicted octanol–water partition coefficient (Wildman–Crippen LogP) is 4.68. The molecule has 0 aliphatic heterocycles. The highest BCUT2D eigenvalue weighted by Crippen LogP contribution is 2.29. The van der Waals surface area contributed by atoms with Crippen molar-refractivity contribution in [1.82, 2.24) is 19.6 Å². The number of hydrogen-bond donors (Lipinski definition) is 1. The van der Waals surface area contributed by atoms with Crippen LogP contribution in [0.4, 0.5) is 5.69 Å². The first kappa shape index (κ1) is 20.0. The van der Waals surface area contributed by atoms with Gasteiger partial charge in [-0.25, -0.2) is 4.98 Å². The number of aromatic nitrogens is 4. The van der Waals surface area contributed by atoms with E-state index in [4.69, 9.17) is 9.72 Å². The first-order valence-electron chi connectivity index (χ1n) is 9.99. The minimum Gasteiger partial charge on any atom is -0.497 e. The Hall–Kier alpha value is -3.91. The third-order valence-electron chi connectivity index (χ3n) is 4.94. The summed E-state index contributed by atoms with van der Waals surface area (Å²) in [6.07, 6.45) is 0. The van der Waals surface area contributed by atoms with Gasteiger partial charge in [0.1, 0.15) is 10.8 Å². The molecule has 1 amide bonds. The summed E-state index contributed by atoms with van der Waals surface area (Å²) in [6.45, 7) is 0. The van der Waals surface area contributed by atoms with Gasteiger partial charge in [-0.1, -0.05) is 54.2 Å². The summed E-state index contributed by atoms with van der Waals surface area (Å²) in [5.41, 5.74) is 4.03. The number of fused-ring (bicyclic) bond motifs is 3. The maximum absolute atomic E-state index is 12.5. The molecule has 2 aromatic heterocycles. The van der Waals surface area contributed by atoms with Crippen LogP contribution in [0.3, 0.4) is 0 Å². The Morgan fingerprint density at radius 1 is 0.969 bits per heavy atom. The van der Waals surface area contributed by atoms with E-state index >= 15 is 0 Å².